The Hall–Kier alpha value is -0.890. The number of hydrogen-bond donors (Lipinski definition) is 6. The Kier molecular flexibility index (Phi) is 32.2. The number of amides is 1. The fourth-order valence-corrected chi connectivity index (χ4v) is 1.28. The second-order valence-corrected chi connectivity index (χ2v) is 4.32. The van der Waals surface area contributed by atoms with Crippen LogP contribution in [0.4, 0.5) is 4.79 Å². The Morgan fingerprint density at radius 2 is 0.750 bits per heavy atom. The van der Waals surface area contributed by atoms with E-state index in [0.29, 0.717) is 0 Å². The first-order valence-corrected chi connectivity index (χ1v) is 7.35. The van der Waals surface area contributed by atoms with Crippen LogP contribution in [-0.2, 0) is 0 Å². The lowest BCUT2D eigenvalue weighted by Crippen LogP contribution is -2.03. The highest BCUT2D eigenvalue weighted by Crippen LogP contribution is 1.95. The topological polar surface area (TPSA) is 167 Å². The van der Waals surface area contributed by atoms with Gasteiger partial charge in [0.25, 0.3) is 0 Å². The Labute approximate surface area is 123 Å². The maximum atomic E-state index is 8.78. The zero-order valence-electron chi connectivity index (χ0n) is 12.7. The molecule has 1 amide bonds. The smallest absolute Gasteiger partial charge is 0.402 e. The lowest BCUT2D eigenvalue weighted by molar-refractivity contribution is 0.205. The molecular weight excluding hydrogens is 258 g/mol. The molecule has 0 aliphatic rings. The molecule has 0 aliphatic heterocycles. The number of hydrogen-bond acceptors (Lipinski definition) is 5. The van der Waals surface area contributed by atoms with Crippen LogP contribution in [0.15, 0.2) is 0 Å². The third-order valence-electron chi connectivity index (χ3n) is 2.32. The highest BCUT2D eigenvalue weighted by Gasteiger charge is 1.84. The van der Waals surface area contributed by atoms with E-state index in [-0.39, 0.29) is 0 Å². The van der Waals surface area contributed by atoms with Crippen molar-refractivity contribution in [2.45, 2.75) is 51.4 Å². The SMILES string of the molecule is NC(=O)O.NCCCCCCN.NCCCCCCN. The van der Waals surface area contributed by atoms with Gasteiger partial charge in [-0.15, -0.1) is 0 Å². The quantitative estimate of drug-likeness (QED) is 0.321. The molecule has 0 aromatic rings. The summed E-state index contributed by atoms with van der Waals surface area (Å²) in [7, 11) is 0. The van der Waals surface area contributed by atoms with Crippen molar-refractivity contribution in [2.75, 3.05) is 26.2 Å². The summed E-state index contributed by atoms with van der Waals surface area (Å²) in [6, 6.07) is 0. The third-order valence-corrected chi connectivity index (χ3v) is 2.32. The zero-order valence-corrected chi connectivity index (χ0v) is 12.7. The van der Waals surface area contributed by atoms with E-state index in [1.54, 1.807) is 0 Å². The molecule has 0 bridgehead atoms. The van der Waals surface area contributed by atoms with Crippen molar-refractivity contribution in [3.63, 3.8) is 0 Å². The lowest BCUT2D eigenvalue weighted by atomic mass is 10.2. The first-order valence-electron chi connectivity index (χ1n) is 7.35. The summed E-state index contributed by atoms with van der Waals surface area (Å²) in [6.45, 7) is 3.30. The normalized spacial score (nSPS) is 9.00. The molecule has 7 nitrogen and oxygen atoms in total. The molecular formula is C13H35N5O2. The fourth-order valence-electron chi connectivity index (χ4n) is 1.28. The fraction of sp³-hybridized carbons (Fsp3) is 0.923. The second-order valence-electron chi connectivity index (χ2n) is 4.32. The summed E-state index contributed by atoms with van der Waals surface area (Å²) in [6.07, 6.45) is 8.25. The van der Waals surface area contributed by atoms with Gasteiger partial charge in [-0.25, -0.2) is 4.79 Å². The van der Waals surface area contributed by atoms with Crippen LogP contribution in [-0.4, -0.2) is 37.4 Å². The van der Waals surface area contributed by atoms with Gasteiger partial charge >= 0.3 is 6.09 Å². The average Bonchev–Trinajstić information content (AvgIpc) is 2.40. The van der Waals surface area contributed by atoms with Gasteiger partial charge in [0.2, 0.25) is 0 Å². The van der Waals surface area contributed by atoms with Gasteiger partial charge in [0.15, 0.2) is 0 Å². The van der Waals surface area contributed by atoms with Crippen molar-refractivity contribution in [2.24, 2.45) is 28.7 Å². The van der Waals surface area contributed by atoms with Crippen LogP contribution in [0.25, 0.3) is 0 Å². The maximum Gasteiger partial charge on any atom is 0.402 e. The number of carbonyl (C=O) groups is 1. The van der Waals surface area contributed by atoms with Crippen molar-refractivity contribution >= 4 is 6.09 Å². The van der Waals surface area contributed by atoms with Gasteiger partial charge in [0.05, 0.1) is 0 Å². The summed E-state index contributed by atoms with van der Waals surface area (Å²) >= 11 is 0. The van der Waals surface area contributed by atoms with E-state index in [1.807, 2.05) is 0 Å². The zero-order chi connectivity index (χ0) is 16.1. The highest BCUT2D eigenvalue weighted by molar-refractivity contribution is 5.61. The number of nitrogens with two attached hydrogens (primary N) is 5. The van der Waals surface area contributed by atoms with Crippen LogP contribution >= 0.6 is 0 Å². The van der Waals surface area contributed by atoms with Crippen molar-refractivity contribution in [3.8, 4) is 0 Å². The second kappa shape index (κ2) is 26.6. The number of primary amides is 1. The molecule has 20 heavy (non-hydrogen) atoms. The standard InChI is InChI=1S/2C6H16N2.CH3NO2/c2*7-5-3-1-2-4-6-8;2-1(3)4/h2*1-8H2;2H2,(H,3,4). The van der Waals surface area contributed by atoms with E-state index in [1.165, 1.54) is 25.7 Å². The van der Waals surface area contributed by atoms with E-state index in [9.17, 15) is 0 Å². The third kappa shape index (κ3) is 53.5. The van der Waals surface area contributed by atoms with E-state index >= 15 is 0 Å². The van der Waals surface area contributed by atoms with Gasteiger partial charge in [0.1, 0.15) is 0 Å². The largest absolute Gasteiger partial charge is 0.465 e. The molecule has 124 valence electrons. The first kappa shape index (κ1) is 24.1. The molecule has 7 heteroatoms. The highest BCUT2D eigenvalue weighted by atomic mass is 16.4. The maximum absolute atomic E-state index is 8.78. The van der Waals surface area contributed by atoms with Gasteiger partial charge in [-0.2, -0.15) is 0 Å². The van der Waals surface area contributed by atoms with E-state index in [4.69, 9.17) is 32.8 Å². The number of rotatable bonds is 10. The molecule has 0 atom stereocenters. The Morgan fingerprint density at radius 1 is 0.600 bits per heavy atom. The van der Waals surface area contributed by atoms with E-state index in [0.717, 1.165) is 51.9 Å². The monoisotopic (exact) mass is 293 g/mol. The number of unbranched alkanes of at least 4 members (excludes halogenated alkanes) is 6. The predicted molar refractivity (Wildman–Crippen MR) is 85.4 cm³/mol. The summed E-state index contributed by atoms with van der Waals surface area (Å²) in [4.78, 5) is 8.78. The molecule has 0 fully saturated rings. The minimum absolute atomic E-state index is 0.824. The van der Waals surface area contributed by atoms with Gasteiger partial charge in [0, 0.05) is 0 Å². The average molecular weight is 293 g/mol. The van der Waals surface area contributed by atoms with Crippen molar-refractivity contribution in [1.29, 1.82) is 0 Å². The van der Waals surface area contributed by atoms with Crippen LogP contribution in [0, 0.1) is 0 Å². The molecule has 11 N–H and O–H groups in total. The minimum Gasteiger partial charge on any atom is -0.465 e. The molecule has 0 saturated heterocycles. The van der Waals surface area contributed by atoms with Crippen LogP contribution in [0.1, 0.15) is 51.4 Å². The van der Waals surface area contributed by atoms with Gasteiger partial charge in [-0.3, -0.25) is 0 Å². The molecule has 0 aromatic heterocycles. The Balaban J connectivity index is -0.000000230. The Bertz CT molecular complexity index is 143. The van der Waals surface area contributed by atoms with E-state index < -0.39 is 6.09 Å². The molecule has 0 unspecified atom stereocenters. The van der Waals surface area contributed by atoms with Crippen molar-refractivity contribution in [1.82, 2.24) is 0 Å². The van der Waals surface area contributed by atoms with Crippen molar-refractivity contribution < 1.29 is 9.90 Å². The molecule has 0 radical (unpaired) electrons. The van der Waals surface area contributed by atoms with Crippen LogP contribution in [0.5, 0.6) is 0 Å². The van der Waals surface area contributed by atoms with Crippen molar-refractivity contribution in [3.05, 3.63) is 0 Å². The molecule has 0 rings (SSSR count). The molecule has 0 heterocycles. The summed E-state index contributed by atoms with van der Waals surface area (Å²) < 4.78 is 0. The molecule has 0 aromatic carbocycles. The summed E-state index contributed by atoms with van der Waals surface area (Å²) in [5.41, 5.74) is 25.1. The molecule has 0 saturated carbocycles. The predicted octanol–water partition coefficient (Wildman–Crippen LogP) is 0.552. The van der Waals surface area contributed by atoms with Crippen LogP contribution in [0.3, 0.4) is 0 Å². The minimum atomic E-state index is -1.33. The first-order chi connectivity index (χ1) is 9.56. The van der Waals surface area contributed by atoms with Gasteiger partial charge < -0.3 is 33.8 Å². The Morgan fingerprint density at radius 3 is 0.850 bits per heavy atom. The van der Waals surface area contributed by atoms with E-state index in [2.05, 4.69) is 5.73 Å². The number of carboxylic acid groups (broad SMARTS) is 1. The van der Waals surface area contributed by atoms with Gasteiger partial charge in [-0.1, -0.05) is 25.7 Å². The van der Waals surface area contributed by atoms with Crippen LogP contribution < -0.4 is 28.7 Å². The van der Waals surface area contributed by atoms with Crippen LogP contribution in [0.2, 0.25) is 0 Å². The lowest BCUT2D eigenvalue weighted by Gasteiger charge is -1.94. The van der Waals surface area contributed by atoms with Gasteiger partial charge in [-0.05, 0) is 51.9 Å². The summed E-state index contributed by atoms with van der Waals surface area (Å²) in [5.74, 6) is 0. The summed E-state index contributed by atoms with van der Waals surface area (Å²) in [5, 5.41) is 7.19. The molecule has 0 spiro atoms. The molecule has 0 aliphatic carbocycles.